The van der Waals surface area contributed by atoms with E-state index in [1.54, 1.807) is 24.4 Å². The van der Waals surface area contributed by atoms with Gasteiger partial charge < -0.3 is 10.4 Å². The minimum absolute atomic E-state index is 0.141. The number of para-hydroxylation sites is 1. The van der Waals surface area contributed by atoms with Gasteiger partial charge in [0.05, 0.1) is 28.1 Å². The zero-order valence-electron chi connectivity index (χ0n) is 17.6. The third-order valence-corrected chi connectivity index (χ3v) is 6.91. The fraction of sp³-hybridized carbons (Fsp3) is 0.120. The van der Waals surface area contributed by atoms with E-state index < -0.39 is 0 Å². The van der Waals surface area contributed by atoms with Gasteiger partial charge in [0.1, 0.15) is 5.75 Å². The Kier molecular flexibility index (Phi) is 7.49. The Labute approximate surface area is 199 Å². The van der Waals surface area contributed by atoms with Crippen LogP contribution in [0.4, 0.5) is 5.69 Å². The lowest BCUT2D eigenvalue weighted by Gasteiger charge is -2.04. The number of nitrogens with zero attached hydrogens (tertiary/aromatic N) is 2. The Morgan fingerprint density at radius 2 is 1.85 bits per heavy atom. The highest BCUT2D eigenvalue weighted by atomic mass is 32.2. The maximum atomic E-state index is 12.2. The molecule has 0 bridgehead atoms. The zero-order valence-corrected chi connectivity index (χ0v) is 19.2. The molecule has 0 aliphatic rings. The summed E-state index contributed by atoms with van der Waals surface area (Å²) in [6.45, 7) is 0.409. The molecule has 8 heteroatoms. The number of ketones is 1. The van der Waals surface area contributed by atoms with Crippen molar-refractivity contribution in [3.8, 4) is 5.75 Å². The van der Waals surface area contributed by atoms with Crippen molar-refractivity contribution in [2.45, 2.75) is 17.3 Å². The average molecular weight is 476 g/mol. The van der Waals surface area contributed by atoms with Crippen molar-refractivity contribution in [3.05, 3.63) is 83.9 Å². The van der Waals surface area contributed by atoms with Gasteiger partial charge in [-0.2, -0.15) is 0 Å². The fourth-order valence-electron chi connectivity index (χ4n) is 3.01. The molecular formula is C25H21N3O3S2. The molecule has 0 saturated carbocycles. The van der Waals surface area contributed by atoms with E-state index in [4.69, 9.17) is 0 Å². The number of phenols is 1. The predicted molar refractivity (Wildman–Crippen MR) is 134 cm³/mol. The second-order valence-corrected chi connectivity index (χ2v) is 9.47. The van der Waals surface area contributed by atoms with Gasteiger partial charge in [0, 0.05) is 18.3 Å². The Morgan fingerprint density at radius 3 is 2.67 bits per heavy atom. The first-order valence-corrected chi connectivity index (χ1v) is 12.0. The van der Waals surface area contributed by atoms with Crippen LogP contribution in [0.15, 0.2) is 82.1 Å². The third-order valence-electron chi connectivity index (χ3n) is 4.69. The maximum Gasteiger partial charge on any atom is 0.227 e. The number of aliphatic imine (C=N–C) groups is 1. The summed E-state index contributed by atoms with van der Waals surface area (Å²) in [5, 5.41) is 12.6. The van der Waals surface area contributed by atoms with Crippen molar-refractivity contribution in [1.82, 2.24) is 10.3 Å². The monoisotopic (exact) mass is 475 g/mol. The molecule has 0 radical (unpaired) electrons. The summed E-state index contributed by atoms with van der Waals surface area (Å²) >= 11 is 2.82. The quantitative estimate of drug-likeness (QED) is 0.199. The van der Waals surface area contributed by atoms with Gasteiger partial charge in [0.15, 0.2) is 10.1 Å². The number of phenolic OH excluding ortho intramolecular Hbond substituents is 1. The molecule has 4 rings (SSSR count). The summed E-state index contributed by atoms with van der Waals surface area (Å²) in [6.07, 6.45) is 1.48. The Morgan fingerprint density at radius 1 is 1.06 bits per heavy atom. The van der Waals surface area contributed by atoms with Crippen LogP contribution in [0.25, 0.3) is 10.2 Å². The molecule has 1 heterocycles. The number of fused-ring (bicyclic) bond motifs is 1. The van der Waals surface area contributed by atoms with E-state index in [1.807, 2.05) is 54.6 Å². The van der Waals surface area contributed by atoms with E-state index in [2.05, 4.69) is 15.3 Å². The van der Waals surface area contributed by atoms with Crippen LogP contribution < -0.4 is 5.32 Å². The molecular weight excluding hydrogens is 454 g/mol. The lowest BCUT2D eigenvalue weighted by atomic mass is 10.2. The number of aromatic hydroxyl groups is 1. The largest absolute Gasteiger partial charge is 0.507 e. The van der Waals surface area contributed by atoms with Gasteiger partial charge in [-0.1, -0.05) is 54.2 Å². The Balaban J connectivity index is 1.30. The molecule has 6 nitrogen and oxygen atoms in total. The number of Topliss-reactive ketones (excluding diaryl/α,β-unsaturated/α-hetero) is 1. The molecule has 0 saturated heterocycles. The topological polar surface area (TPSA) is 91.7 Å². The SMILES string of the molecule is O=C(CSc1nc2ccc(N=Cc3ccccc3O)cc2s1)CC(=O)NCc1ccccc1. The highest BCUT2D eigenvalue weighted by Gasteiger charge is 2.12. The van der Waals surface area contributed by atoms with Crippen molar-refractivity contribution < 1.29 is 14.7 Å². The normalized spacial score (nSPS) is 11.2. The molecule has 166 valence electrons. The number of thioether (sulfide) groups is 1. The Hall–Kier alpha value is -3.49. The van der Waals surface area contributed by atoms with Gasteiger partial charge in [0.25, 0.3) is 0 Å². The lowest BCUT2D eigenvalue weighted by Crippen LogP contribution is -2.25. The van der Waals surface area contributed by atoms with E-state index >= 15 is 0 Å². The smallest absolute Gasteiger partial charge is 0.227 e. The molecule has 1 amide bonds. The van der Waals surface area contributed by atoms with Crippen molar-refractivity contribution in [2.24, 2.45) is 4.99 Å². The predicted octanol–water partition coefficient (Wildman–Crippen LogP) is 5.12. The van der Waals surface area contributed by atoms with Crippen LogP contribution in [0.2, 0.25) is 0 Å². The summed E-state index contributed by atoms with van der Waals surface area (Å²) in [5.41, 5.74) is 3.21. The maximum absolute atomic E-state index is 12.2. The van der Waals surface area contributed by atoms with Crippen molar-refractivity contribution in [3.63, 3.8) is 0 Å². The lowest BCUT2D eigenvalue weighted by molar-refractivity contribution is -0.127. The molecule has 0 fully saturated rings. The second kappa shape index (κ2) is 10.9. The van der Waals surface area contributed by atoms with Crippen molar-refractivity contribution in [2.75, 3.05) is 5.75 Å². The minimum atomic E-state index is -0.277. The van der Waals surface area contributed by atoms with E-state index in [0.717, 1.165) is 25.8 Å². The van der Waals surface area contributed by atoms with Crippen LogP contribution in [0.5, 0.6) is 5.75 Å². The van der Waals surface area contributed by atoms with Gasteiger partial charge in [-0.15, -0.1) is 11.3 Å². The molecule has 0 atom stereocenters. The zero-order chi connectivity index (χ0) is 23.0. The van der Waals surface area contributed by atoms with E-state index in [-0.39, 0.29) is 29.6 Å². The van der Waals surface area contributed by atoms with Gasteiger partial charge in [-0.3, -0.25) is 14.6 Å². The van der Waals surface area contributed by atoms with E-state index in [1.165, 1.54) is 23.1 Å². The molecule has 1 aromatic heterocycles. The van der Waals surface area contributed by atoms with Crippen LogP contribution >= 0.6 is 23.1 Å². The first-order valence-electron chi connectivity index (χ1n) is 10.2. The van der Waals surface area contributed by atoms with Crippen LogP contribution in [0.3, 0.4) is 0 Å². The molecule has 33 heavy (non-hydrogen) atoms. The minimum Gasteiger partial charge on any atom is -0.507 e. The third kappa shape index (κ3) is 6.50. The molecule has 0 spiro atoms. The highest BCUT2D eigenvalue weighted by Crippen LogP contribution is 2.32. The van der Waals surface area contributed by atoms with Crippen LogP contribution in [-0.2, 0) is 16.1 Å². The second-order valence-electron chi connectivity index (χ2n) is 7.22. The Bertz CT molecular complexity index is 1300. The number of benzene rings is 3. The number of thiazole rings is 1. The fourth-order valence-corrected chi connectivity index (χ4v) is 4.97. The molecule has 0 aliphatic heterocycles. The van der Waals surface area contributed by atoms with Gasteiger partial charge >= 0.3 is 0 Å². The average Bonchev–Trinajstić information content (AvgIpc) is 3.24. The summed E-state index contributed by atoms with van der Waals surface area (Å²) < 4.78 is 1.72. The number of hydrogen-bond donors (Lipinski definition) is 2. The first kappa shape index (κ1) is 22.7. The molecule has 2 N–H and O–H groups in total. The van der Waals surface area contributed by atoms with Gasteiger partial charge in [0.2, 0.25) is 5.91 Å². The molecule has 3 aromatic carbocycles. The van der Waals surface area contributed by atoms with E-state index in [9.17, 15) is 14.7 Å². The van der Waals surface area contributed by atoms with E-state index in [0.29, 0.717) is 12.1 Å². The summed E-state index contributed by atoms with van der Waals surface area (Å²) in [7, 11) is 0. The number of carbonyl (C=O) groups is 2. The summed E-state index contributed by atoms with van der Waals surface area (Å²) in [4.78, 5) is 33.2. The number of amides is 1. The van der Waals surface area contributed by atoms with Crippen LogP contribution in [0.1, 0.15) is 17.5 Å². The number of rotatable bonds is 9. The molecule has 0 unspecified atom stereocenters. The van der Waals surface area contributed by atoms with Gasteiger partial charge in [-0.25, -0.2) is 4.98 Å². The summed E-state index contributed by atoms with van der Waals surface area (Å²) in [6, 6.07) is 22.2. The van der Waals surface area contributed by atoms with Crippen molar-refractivity contribution >= 4 is 56.9 Å². The number of hydrogen-bond acceptors (Lipinski definition) is 7. The number of aromatic nitrogens is 1. The molecule has 4 aromatic rings. The summed E-state index contributed by atoms with van der Waals surface area (Å²) in [5.74, 6) is -0.0487. The first-order chi connectivity index (χ1) is 16.1. The highest BCUT2D eigenvalue weighted by molar-refractivity contribution is 8.01. The van der Waals surface area contributed by atoms with Crippen LogP contribution in [-0.4, -0.2) is 33.7 Å². The standard InChI is InChI=1S/C25H21N3O3S2/c29-20(13-24(31)27-14-17-6-2-1-3-7-17)16-32-25-28-21-11-10-19(12-23(21)33-25)26-15-18-8-4-5-9-22(18)30/h1-12,15,30H,13-14,16H2,(H,27,31). The van der Waals surface area contributed by atoms with Crippen molar-refractivity contribution in [1.29, 1.82) is 0 Å². The number of carbonyl (C=O) groups excluding carboxylic acids is 2. The molecule has 0 aliphatic carbocycles. The number of nitrogens with one attached hydrogen (secondary N) is 1. The van der Waals surface area contributed by atoms with Crippen LogP contribution in [0, 0.1) is 0 Å². The van der Waals surface area contributed by atoms with Gasteiger partial charge in [-0.05, 0) is 35.9 Å².